The molecule has 0 spiro atoms. The predicted octanol–water partition coefficient (Wildman–Crippen LogP) is 4.31. The van der Waals surface area contributed by atoms with Gasteiger partial charge in [0.2, 0.25) is 0 Å². The van der Waals surface area contributed by atoms with Crippen LogP contribution in [0.25, 0.3) is 0 Å². The first kappa shape index (κ1) is 26.9. The summed E-state index contributed by atoms with van der Waals surface area (Å²) in [4.78, 5) is 17.9. The highest BCUT2D eigenvalue weighted by atomic mass is 127. The molecule has 1 aliphatic heterocycles. The second-order valence-electron chi connectivity index (χ2n) is 7.83. The molecule has 1 amide bonds. The van der Waals surface area contributed by atoms with Crippen molar-refractivity contribution in [3.05, 3.63) is 71.3 Å². The van der Waals surface area contributed by atoms with Gasteiger partial charge in [-0.25, -0.2) is 4.79 Å². The highest BCUT2D eigenvalue weighted by Crippen LogP contribution is 2.12. The molecule has 33 heavy (non-hydrogen) atoms. The number of carbonyl (C=O) groups is 1. The second kappa shape index (κ2) is 14.7. The summed E-state index contributed by atoms with van der Waals surface area (Å²) < 4.78 is 10.9. The van der Waals surface area contributed by atoms with Crippen LogP contribution >= 0.6 is 24.0 Å². The van der Waals surface area contributed by atoms with Crippen molar-refractivity contribution in [1.29, 1.82) is 0 Å². The van der Waals surface area contributed by atoms with Crippen molar-refractivity contribution in [1.82, 2.24) is 15.5 Å². The van der Waals surface area contributed by atoms with E-state index in [4.69, 9.17) is 9.47 Å². The lowest BCUT2D eigenvalue weighted by Crippen LogP contribution is -2.49. The van der Waals surface area contributed by atoms with Gasteiger partial charge in [-0.1, -0.05) is 54.6 Å². The van der Waals surface area contributed by atoms with E-state index in [2.05, 4.69) is 52.0 Å². The van der Waals surface area contributed by atoms with Crippen LogP contribution in [0.5, 0.6) is 0 Å². The molecule has 8 heteroatoms. The van der Waals surface area contributed by atoms with E-state index in [1.54, 1.807) is 11.9 Å². The second-order valence-corrected chi connectivity index (χ2v) is 7.83. The number of rotatable bonds is 8. The van der Waals surface area contributed by atoms with Crippen molar-refractivity contribution in [3.8, 4) is 0 Å². The third-order valence-electron chi connectivity index (χ3n) is 5.45. The number of likely N-dealkylation sites (tertiary alicyclic amines) is 1. The molecule has 7 nitrogen and oxygen atoms in total. The van der Waals surface area contributed by atoms with Crippen molar-refractivity contribution < 1.29 is 14.3 Å². The van der Waals surface area contributed by atoms with Gasteiger partial charge in [0.15, 0.2) is 5.96 Å². The van der Waals surface area contributed by atoms with Crippen LogP contribution in [0.15, 0.2) is 59.6 Å². The van der Waals surface area contributed by atoms with E-state index < -0.39 is 0 Å². The summed E-state index contributed by atoms with van der Waals surface area (Å²) in [6, 6.07) is 18.9. The Kier molecular flexibility index (Phi) is 12.0. The van der Waals surface area contributed by atoms with Gasteiger partial charge in [-0.2, -0.15) is 0 Å². The Morgan fingerprint density at radius 3 is 2.21 bits per heavy atom. The highest BCUT2D eigenvalue weighted by molar-refractivity contribution is 14.0. The molecule has 2 aromatic carbocycles. The first-order valence-corrected chi connectivity index (χ1v) is 11.3. The van der Waals surface area contributed by atoms with E-state index in [9.17, 15) is 4.79 Å². The summed E-state index contributed by atoms with van der Waals surface area (Å²) in [5, 5.41) is 6.84. The summed E-state index contributed by atoms with van der Waals surface area (Å²) in [6.07, 6.45) is 1.52. The number of carbonyl (C=O) groups excluding carboxylic acids is 1. The normalized spacial score (nSPS) is 14.4. The number of amides is 1. The lowest BCUT2D eigenvalue weighted by molar-refractivity contribution is 0.0963. The van der Waals surface area contributed by atoms with Crippen molar-refractivity contribution in [3.63, 3.8) is 0 Å². The Hall–Kier alpha value is -2.33. The Labute approximate surface area is 214 Å². The van der Waals surface area contributed by atoms with E-state index in [1.807, 2.05) is 25.1 Å². The molecule has 0 bridgehead atoms. The fraction of sp³-hybridized carbons (Fsp3) is 0.440. The number of guanidine groups is 1. The molecule has 2 N–H and O–H groups in total. The smallest absolute Gasteiger partial charge is 0.409 e. The molecular weight excluding hydrogens is 531 g/mol. The summed E-state index contributed by atoms with van der Waals surface area (Å²) in [5.41, 5.74) is 3.51. The molecule has 0 aliphatic carbocycles. The van der Waals surface area contributed by atoms with Gasteiger partial charge in [-0.05, 0) is 36.5 Å². The number of halogens is 1. The van der Waals surface area contributed by atoms with Gasteiger partial charge in [-0.15, -0.1) is 24.0 Å². The SMILES string of the molecule is CCOC(=O)N1CCC(NC(=NC)NCc2ccc(COCc3ccccc3)cc2)CC1.I. The van der Waals surface area contributed by atoms with Crippen molar-refractivity contribution in [2.24, 2.45) is 4.99 Å². The Balaban J connectivity index is 0.00000385. The largest absolute Gasteiger partial charge is 0.450 e. The lowest BCUT2D eigenvalue weighted by Gasteiger charge is -2.32. The van der Waals surface area contributed by atoms with Crippen molar-refractivity contribution in [2.45, 2.75) is 45.6 Å². The molecule has 0 atom stereocenters. The standard InChI is InChI=1S/C25H34N4O3.HI/c1-3-32-25(30)29-15-13-23(14-16-29)28-24(26-2)27-17-20-9-11-22(12-10-20)19-31-18-21-7-5-4-6-8-21;/h4-12,23H,3,13-19H2,1-2H3,(H2,26,27,28);1H. The third-order valence-corrected chi connectivity index (χ3v) is 5.45. The van der Waals surface area contributed by atoms with Crippen LogP contribution in [-0.2, 0) is 29.2 Å². The zero-order chi connectivity index (χ0) is 22.6. The van der Waals surface area contributed by atoms with Crippen LogP contribution in [0.2, 0.25) is 0 Å². The molecule has 0 unspecified atom stereocenters. The van der Waals surface area contributed by atoms with Crippen LogP contribution in [0.4, 0.5) is 4.79 Å². The van der Waals surface area contributed by atoms with Gasteiger partial charge < -0.3 is 25.0 Å². The van der Waals surface area contributed by atoms with E-state index in [-0.39, 0.29) is 36.1 Å². The summed E-state index contributed by atoms with van der Waals surface area (Å²) in [6.45, 7) is 5.53. The zero-order valence-corrected chi connectivity index (χ0v) is 21.8. The molecule has 0 saturated carbocycles. The zero-order valence-electron chi connectivity index (χ0n) is 19.5. The average molecular weight is 566 g/mol. The number of nitrogens with one attached hydrogen (secondary N) is 2. The molecule has 2 aromatic rings. The van der Waals surface area contributed by atoms with Crippen LogP contribution in [-0.4, -0.2) is 49.7 Å². The van der Waals surface area contributed by atoms with E-state index in [0.29, 0.717) is 39.5 Å². The fourth-order valence-electron chi connectivity index (χ4n) is 3.61. The monoisotopic (exact) mass is 566 g/mol. The van der Waals surface area contributed by atoms with Crippen LogP contribution < -0.4 is 10.6 Å². The predicted molar refractivity (Wildman–Crippen MR) is 142 cm³/mol. The number of ether oxygens (including phenoxy) is 2. The molecule has 180 valence electrons. The lowest BCUT2D eigenvalue weighted by atomic mass is 10.1. The molecular formula is C25H35IN4O3. The van der Waals surface area contributed by atoms with E-state index in [1.165, 1.54) is 11.1 Å². The summed E-state index contributed by atoms with van der Waals surface area (Å²) in [5.74, 6) is 0.773. The average Bonchev–Trinajstić information content (AvgIpc) is 2.84. The molecule has 1 fully saturated rings. The first-order valence-electron chi connectivity index (χ1n) is 11.3. The Morgan fingerprint density at radius 2 is 1.61 bits per heavy atom. The van der Waals surface area contributed by atoms with Gasteiger partial charge in [0.25, 0.3) is 0 Å². The molecule has 1 saturated heterocycles. The number of nitrogens with zero attached hydrogens (tertiary/aromatic N) is 2. The van der Waals surface area contributed by atoms with Crippen LogP contribution in [0.1, 0.15) is 36.5 Å². The summed E-state index contributed by atoms with van der Waals surface area (Å²) in [7, 11) is 1.77. The number of piperidine rings is 1. The van der Waals surface area contributed by atoms with Gasteiger partial charge >= 0.3 is 6.09 Å². The number of hydrogen-bond donors (Lipinski definition) is 2. The molecule has 3 rings (SSSR count). The van der Waals surface area contributed by atoms with Crippen molar-refractivity contribution >= 4 is 36.0 Å². The topological polar surface area (TPSA) is 75.2 Å². The molecule has 1 aliphatic rings. The molecule has 1 heterocycles. The summed E-state index contributed by atoms with van der Waals surface area (Å²) >= 11 is 0. The Morgan fingerprint density at radius 1 is 1.00 bits per heavy atom. The minimum Gasteiger partial charge on any atom is -0.450 e. The van der Waals surface area contributed by atoms with Gasteiger partial charge in [0.1, 0.15) is 0 Å². The first-order chi connectivity index (χ1) is 15.7. The maximum atomic E-state index is 11.8. The van der Waals surface area contributed by atoms with E-state index in [0.717, 1.165) is 24.4 Å². The Bertz CT molecular complexity index is 854. The van der Waals surface area contributed by atoms with E-state index >= 15 is 0 Å². The minimum atomic E-state index is -0.220. The van der Waals surface area contributed by atoms with Crippen LogP contribution in [0, 0.1) is 0 Å². The fourth-order valence-corrected chi connectivity index (χ4v) is 3.61. The number of hydrogen-bond acceptors (Lipinski definition) is 4. The van der Waals surface area contributed by atoms with Crippen LogP contribution in [0.3, 0.4) is 0 Å². The third kappa shape index (κ3) is 9.21. The number of benzene rings is 2. The quantitative estimate of drug-likeness (QED) is 0.283. The van der Waals surface area contributed by atoms with Gasteiger partial charge in [-0.3, -0.25) is 4.99 Å². The minimum absolute atomic E-state index is 0. The molecule has 0 radical (unpaired) electrons. The maximum absolute atomic E-state index is 11.8. The highest BCUT2D eigenvalue weighted by Gasteiger charge is 2.23. The maximum Gasteiger partial charge on any atom is 0.409 e. The van der Waals surface area contributed by atoms with Gasteiger partial charge in [0.05, 0.1) is 19.8 Å². The number of aliphatic imine (C=N–C) groups is 1. The van der Waals surface area contributed by atoms with Gasteiger partial charge in [0, 0.05) is 32.7 Å². The van der Waals surface area contributed by atoms with Crippen molar-refractivity contribution in [2.75, 3.05) is 26.7 Å². The molecule has 0 aromatic heterocycles.